The molecule has 0 aromatic carbocycles. The van der Waals surface area contributed by atoms with Gasteiger partial charge in [-0.2, -0.15) is 0 Å². The lowest BCUT2D eigenvalue weighted by atomic mass is 9.31. The van der Waals surface area contributed by atoms with Crippen LogP contribution in [-0.2, 0) is 9.53 Å². The van der Waals surface area contributed by atoms with Crippen molar-refractivity contribution in [2.45, 2.75) is 126 Å². The molecule has 10 atom stereocenters. The molecule has 5 saturated carbocycles. The van der Waals surface area contributed by atoms with Gasteiger partial charge in [0.05, 0.1) is 0 Å². The molecular formula is C32H52O2. The Morgan fingerprint density at radius 1 is 0.794 bits per heavy atom. The lowest BCUT2D eigenvalue weighted by Crippen LogP contribution is -2.66. The zero-order valence-corrected chi connectivity index (χ0v) is 23.6. The summed E-state index contributed by atoms with van der Waals surface area (Å²) in [4.78, 5) is 11.8. The molecule has 2 nitrogen and oxygen atoms in total. The number of ether oxygens (including phenoxy) is 1. The molecule has 0 aromatic heterocycles. The molecule has 0 aromatic rings. The Morgan fingerprint density at radius 3 is 1.94 bits per heavy atom. The van der Waals surface area contributed by atoms with Gasteiger partial charge in [-0.05, 0) is 126 Å². The fourth-order valence-electron chi connectivity index (χ4n) is 12.1. The van der Waals surface area contributed by atoms with E-state index in [1.807, 2.05) is 0 Å². The monoisotopic (exact) mass is 468 g/mol. The molecule has 5 rings (SSSR count). The van der Waals surface area contributed by atoms with Crippen molar-refractivity contribution < 1.29 is 9.53 Å². The lowest BCUT2D eigenvalue weighted by Gasteiger charge is -2.73. The fourth-order valence-corrected chi connectivity index (χ4v) is 12.1. The zero-order valence-electron chi connectivity index (χ0n) is 23.6. The van der Waals surface area contributed by atoms with Crippen LogP contribution < -0.4 is 0 Å². The number of hydrogen-bond donors (Lipinski definition) is 0. The fraction of sp³-hybridized carbons (Fsp3) is 0.906. The van der Waals surface area contributed by atoms with E-state index < -0.39 is 0 Å². The average Bonchev–Trinajstić information content (AvgIpc) is 3.11. The lowest BCUT2D eigenvalue weighted by molar-refractivity contribution is -0.239. The topological polar surface area (TPSA) is 26.3 Å². The van der Waals surface area contributed by atoms with Gasteiger partial charge in [0.2, 0.25) is 0 Å². The molecule has 5 aliphatic carbocycles. The molecule has 5 fully saturated rings. The maximum atomic E-state index is 11.8. The van der Waals surface area contributed by atoms with Crippen molar-refractivity contribution >= 4 is 5.97 Å². The number of hydrogen-bond acceptors (Lipinski definition) is 2. The van der Waals surface area contributed by atoms with Crippen LogP contribution >= 0.6 is 0 Å². The second kappa shape index (κ2) is 7.61. The Bertz CT molecular complexity index is 874. The van der Waals surface area contributed by atoms with Gasteiger partial charge in [0.25, 0.3) is 0 Å². The van der Waals surface area contributed by atoms with Crippen molar-refractivity contribution in [3.05, 3.63) is 12.2 Å². The zero-order chi connectivity index (χ0) is 24.9. The van der Waals surface area contributed by atoms with Gasteiger partial charge in [-0.15, -0.1) is 0 Å². The number of carbonyl (C=O) groups excluding carboxylic acids is 1. The SMILES string of the molecule is C=C1[C@H](OC(C)=O)CC[C@H]2[C@]3(C)CC[C@@]4(C)C5CC[C@H](C(C)C)[C@@]5(C)CC[C@]4(C)[C@@H]3CC[C@]12C. The maximum Gasteiger partial charge on any atom is 0.303 e. The summed E-state index contributed by atoms with van der Waals surface area (Å²) in [6.07, 6.45) is 13.1. The summed E-state index contributed by atoms with van der Waals surface area (Å²) in [5.74, 6) is 3.92. The summed E-state index contributed by atoms with van der Waals surface area (Å²) in [5.41, 5.74) is 3.13. The Labute approximate surface area is 210 Å². The molecule has 5 aliphatic rings. The van der Waals surface area contributed by atoms with Crippen LogP contribution in [0.2, 0.25) is 0 Å². The number of fused-ring (bicyclic) bond motifs is 7. The molecule has 1 unspecified atom stereocenters. The highest BCUT2D eigenvalue weighted by atomic mass is 16.5. The Hall–Kier alpha value is -0.790. The van der Waals surface area contributed by atoms with E-state index in [2.05, 4.69) is 55.0 Å². The highest BCUT2D eigenvalue weighted by molar-refractivity contribution is 5.66. The van der Waals surface area contributed by atoms with E-state index in [0.29, 0.717) is 27.6 Å². The molecule has 0 spiro atoms. The first kappa shape index (κ1) is 24.9. The minimum absolute atomic E-state index is 0.0785. The maximum absolute atomic E-state index is 11.8. The van der Waals surface area contributed by atoms with Crippen molar-refractivity contribution in [1.82, 2.24) is 0 Å². The molecule has 2 heteroatoms. The molecule has 0 N–H and O–H groups in total. The Balaban J connectivity index is 1.48. The molecule has 192 valence electrons. The number of esters is 1. The second-order valence-electron chi connectivity index (χ2n) is 15.1. The van der Waals surface area contributed by atoms with E-state index in [9.17, 15) is 4.79 Å². The third-order valence-electron chi connectivity index (χ3n) is 13.9. The van der Waals surface area contributed by atoms with Crippen molar-refractivity contribution in [1.29, 1.82) is 0 Å². The first-order valence-corrected chi connectivity index (χ1v) is 14.6. The van der Waals surface area contributed by atoms with Crippen LogP contribution in [-0.4, -0.2) is 12.1 Å². The van der Waals surface area contributed by atoms with E-state index >= 15 is 0 Å². The third-order valence-corrected chi connectivity index (χ3v) is 13.9. The largest absolute Gasteiger partial charge is 0.458 e. The van der Waals surface area contributed by atoms with Crippen molar-refractivity contribution in [2.24, 2.45) is 56.7 Å². The summed E-state index contributed by atoms with van der Waals surface area (Å²) in [7, 11) is 0. The minimum Gasteiger partial charge on any atom is -0.458 e. The molecule has 0 bridgehead atoms. The van der Waals surface area contributed by atoms with Gasteiger partial charge < -0.3 is 4.74 Å². The smallest absolute Gasteiger partial charge is 0.303 e. The highest BCUT2D eigenvalue weighted by Gasteiger charge is 2.71. The number of carbonyl (C=O) groups is 1. The minimum atomic E-state index is -0.157. The van der Waals surface area contributed by atoms with Gasteiger partial charge in [0.15, 0.2) is 0 Å². The summed E-state index contributed by atoms with van der Waals surface area (Å²) < 4.78 is 5.76. The van der Waals surface area contributed by atoms with E-state index in [0.717, 1.165) is 30.1 Å². The van der Waals surface area contributed by atoms with Gasteiger partial charge in [-0.3, -0.25) is 4.79 Å². The Kier molecular flexibility index (Phi) is 5.57. The van der Waals surface area contributed by atoms with Gasteiger partial charge in [-0.25, -0.2) is 0 Å². The van der Waals surface area contributed by atoms with Gasteiger partial charge in [-0.1, -0.05) is 55.0 Å². The van der Waals surface area contributed by atoms with Gasteiger partial charge in [0.1, 0.15) is 6.10 Å². The summed E-state index contributed by atoms with van der Waals surface area (Å²) in [5, 5.41) is 0. The standard InChI is InChI=1S/C32H52O2/c1-20(2)23-10-12-26-29(23,6)16-18-32(9)27-14-15-28(5)21(3)24(34-22(4)33)11-13-25(28)30(27,7)17-19-31(26,32)8/h20,23-27H,3,10-19H2,1-2,4-9H3/t23-,24-,25-,26?,27-,28-,29-,30+,31+,32-/m1/s1. The predicted octanol–water partition coefficient (Wildman–Crippen LogP) is 8.60. The summed E-state index contributed by atoms with van der Waals surface area (Å²) in [6.45, 7) is 24.4. The van der Waals surface area contributed by atoms with E-state index in [4.69, 9.17) is 4.74 Å². The second-order valence-corrected chi connectivity index (χ2v) is 15.1. The van der Waals surface area contributed by atoms with Crippen LogP contribution in [0.4, 0.5) is 0 Å². The van der Waals surface area contributed by atoms with Gasteiger partial charge >= 0.3 is 5.97 Å². The molecule has 0 heterocycles. The molecule has 0 aliphatic heterocycles. The molecule has 0 amide bonds. The van der Waals surface area contributed by atoms with Crippen LogP contribution in [0.5, 0.6) is 0 Å². The quantitative estimate of drug-likeness (QED) is 0.299. The summed E-state index contributed by atoms with van der Waals surface area (Å²) in [6, 6.07) is 0. The van der Waals surface area contributed by atoms with Crippen LogP contribution in [0.25, 0.3) is 0 Å². The first-order valence-electron chi connectivity index (χ1n) is 14.6. The van der Waals surface area contributed by atoms with Gasteiger partial charge in [0, 0.05) is 6.92 Å². The molecule has 0 saturated heterocycles. The third kappa shape index (κ3) is 2.95. The molecule has 34 heavy (non-hydrogen) atoms. The normalized spacial score (nSPS) is 54.6. The summed E-state index contributed by atoms with van der Waals surface area (Å²) >= 11 is 0. The van der Waals surface area contributed by atoms with Crippen LogP contribution in [0.15, 0.2) is 12.2 Å². The molecular weight excluding hydrogens is 416 g/mol. The van der Waals surface area contributed by atoms with E-state index in [1.165, 1.54) is 63.4 Å². The van der Waals surface area contributed by atoms with E-state index in [1.54, 1.807) is 6.92 Å². The molecule has 0 radical (unpaired) electrons. The van der Waals surface area contributed by atoms with E-state index in [-0.39, 0.29) is 17.5 Å². The van der Waals surface area contributed by atoms with Crippen LogP contribution in [0.1, 0.15) is 120 Å². The van der Waals surface area contributed by atoms with Crippen molar-refractivity contribution in [3.8, 4) is 0 Å². The average molecular weight is 469 g/mol. The predicted molar refractivity (Wildman–Crippen MR) is 140 cm³/mol. The Morgan fingerprint density at radius 2 is 1.35 bits per heavy atom. The van der Waals surface area contributed by atoms with Crippen molar-refractivity contribution in [2.75, 3.05) is 0 Å². The first-order chi connectivity index (χ1) is 15.7. The number of rotatable bonds is 2. The van der Waals surface area contributed by atoms with Crippen molar-refractivity contribution in [3.63, 3.8) is 0 Å². The van der Waals surface area contributed by atoms with Crippen LogP contribution in [0.3, 0.4) is 0 Å². The highest BCUT2D eigenvalue weighted by Crippen LogP contribution is 2.79. The van der Waals surface area contributed by atoms with Crippen LogP contribution in [0, 0.1) is 56.7 Å².